The third-order valence-corrected chi connectivity index (χ3v) is 10.5. The van der Waals surface area contributed by atoms with Gasteiger partial charge < -0.3 is 20.6 Å². The maximum Gasteiger partial charge on any atom is 0.220 e. The number of carbonyl (C=O) groups excluding carboxylic acids is 1. The van der Waals surface area contributed by atoms with E-state index in [0.717, 1.165) is 38.5 Å². The second-order valence-corrected chi connectivity index (χ2v) is 15.6. The molecule has 0 spiro atoms. The van der Waals surface area contributed by atoms with E-state index >= 15 is 0 Å². The Kier molecular flexibility index (Phi) is 40.6. The van der Waals surface area contributed by atoms with Crippen LogP contribution in [0.4, 0.5) is 0 Å². The third kappa shape index (κ3) is 37.0. The fourth-order valence-corrected chi connectivity index (χ4v) is 6.98. The first kappa shape index (κ1) is 49.8. The van der Waals surface area contributed by atoms with Crippen LogP contribution in [0.5, 0.6) is 0 Å². The van der Waals surface area contributed by atoms with Gasteiger partial charge in [-0.15, -0.1) is 0 Å². The van der Waals surface area contributed by atoms with Gasteiger partial charge in [-0.25, -0.2) is 0 Å². The van der Waals surface area contributed by atoms with Crippen LogP contribution in [0.15, 0.2) is 24.3 Å². The summed E-state index contributed by atoms with van der Waals surface area (Å²) in [6.07, 6.45) is 50.1. The number of amides is 1. The molecule has 0 aromatic rings. The van der Waals surface area contributed by atoms with Gasteiger partial charge in [0.2, 0.25) is 5.91 Å². The molecule has 51 heavy (non-hydrogen) atoms. The standard InChI is InChI=1S/C46H89NO4/c1-3-5-7-9-11-13-15-17-19-20-21-22-23-24-25-26-27-29-31-33-35-37-39-41-45(50)47-43(42-48)46(51)44(49)40-38-36-34-32-30-28-18-16-14-12-10-8-6-4-2/h24-25,32,34,43-44,46,48-49,51H,3-23,26-31,33,35-42H2,1-2H3,(H,47,50)/b25-24-,34-32+. The molecule has 0 aromatic carbocycles. The molecule has 1 amide bonds. The van der Waals surface area contributed by atoms with Gasteiger partial charge in [0.1, 0.15) is 6.10 Å². The monoisotopic (exact) mass is 720 g/mol. The molecule has 0 aliphatic heterocycles. The van der Waals surface area contributed by atoms with E-state index in [0.29, 0.717) is 12.8 Å². The molecule has 0 saturated carbocycles. The first-order valence-electron chi connectivity index (χ1n) is 22.6. The zero-order valence-corrected chi connectivity index (χ0v) is 34.2. The number of unbranched alkanes of at least 4 members (excludes halogenated alkanes) is 29. The number of hydrogen-bond donors (Lipinski definition) is 4. The molecule has 5 heteroatoms. The molecular weight excluding hydrogens is 631 g/mol. The molecule has 5 nitrogen and oxygen atoms in total. The first-order chi connectivity index (χ1) is 25.1. The van der Waals surface area contributed by atoms with Crippen LogP contribution in [0, 0.1) is 0 Å². The second-order valence-electron chi connectivity index (χ2n) is 15.6. The van der Waals surface area contributed by atoms with Crippen molar-refractivity contribution in [3.8, 4) is 0 Å². The Morgan fingerprint density at radius 2 is 0.784 bits per heavy atom. The average molecular weight is 720 g/mol. The number of carbonyl (C=O) groups is 1. The Morgan fingerprint density at radius 1 is 0.471 bits per heavy atom. The molecule has 0 aromatic heterocycles. The fraction of sp³-hybridized carbons (Fsp3) is 0.891. The Morgan fingerprint density at radius 3 is 1.14 bits per heavy atom. The van der Waals surface area contributed by atoms with Crippen molar-refractivity contribution in [3.63, 3.8) is 0 Å². The van der Waals surface area contributed by atoms with Crippen LogP contribution in [-0.2, 0) is 4.79 Å². The highest BCUT2D eigenvalue weighted by Crippen LogP contribution is 2.15. The summed E-state index contributed by atoms with van der Waals surface area (Å²) in [5.41, 5.74) is 0. The molecule has 0 aliphatic carbocycles. The molecule has 0 saturated heterocycles. The Balaban J connectivity index is 3.63. The highest BCUT2D eigenvalue weighted by molar-refractivity contribution is 5.76. The Labute approximate surface area is 318 Å². The summed E-state index contributed by atoms with van der Waals surface area (Å²) in [6, 6.07) is -0.826. The molecule has 0 fully saturated rings. The van der Waals surface area contributed by atoms with E-state index in [1.54, 1.807) is 0 Å². The van der Waals surface area contributed by atoms with Gasteiger partial charge in [0.25, 0.3) is 0 Å². The number of nitrogens with one attached hydrogen (secondary N) is 1. The van der Waals surface area contributed by atoms with Crippen LogP contribution in [0.2, 0.25) is 0 Å². The highest BCUT2D eigenvalue weighted by Gasteiger charge is 2.26. The molecular formula is C46H89NO4. The van der Waals surface area contributed by atoms with Gasteiger partial charge in [0.15, 0.2) is 0 Å². The van der Waals surface area contributed by atoms with E-state index in [1.165, 1.54) is 173 Å². The van der Waals surface area contributed by atoms with Crippen molar-refractivity contribution in [3.05, 3.63) is 24.3 Å². The lowest BCUT2D eigenvalue weighted by molar-refractivity contribution is -0.124. The van der Waals surface area contributed by atoms with Crippen molar-refractivity contribution in [2.45, 2.75) is 257 Å². The highest BCUT2D eigenvalue weighted by atomic mass is 16.3. The molecule has 0 rings (SSSR count). The average Bonchev–Trinajstić information content (AvgIpc) is 3.13. The van der Waals surface area contributed by atoms with Crippen LogP contribution < -0.4 is 5.32 Å². The molecule has 0 heterocycles. The summed E-state index contributed by atoms with van der Waals surface area (Å²) >= 11 is 0. The number of rotatable bonds is 41. The maximum atomic E-state index is 12.4. The normalized spacial score (nSPS) is 13.7. The van der Waals surface area contributed by atoms with Crippen LogP contribution in [0.3, 0.4) is 0 Å². The lowest BCUT2D eigenvalue weighted by atomic mass is 10.0. The van der Waals surface area contributed by atoms with E-state index in [9.17, 15) is 20.1 Å². The van der Waals surface area contributed by atoms with Crippen molar-refractivity contribution in [1.82, 2.24) is 5.32 Å². The zero-order valence-electron chi connectivity index (χ0n) is 34.2. The van der Waals surface area contributed by atoms with Gasteiger partial charge in [-0.1, -0.05) is 192 Å². The van der Waals surface area contributed by atoms with Crippen molar-refractivity contribution in [2.24, 2.45) is 0 Å². The van der Waals surface area contributed by atoms with Crippen LogP contribution >= 0.6 is 0 Å². The van der Waals surface area contributed by atoms with E-state index in [4.69, 9.17) is 0 Å². The molecule has 302 valence electrons. The minimum absolute atomic E-state index is 0.157. The third-order valence-electron chi connectivity index (χ3n) is 10.5. The second kappa shape index (κ2) is 41.6. The first-order valence-corrected chi connectivity index (χ1v) is 22.6. The van der Waals surface area contributed by atoms with E-state index in [-0.39, 0.29) is 12.5 Å². The molecule has 4 N–H and O–H groups in total. The Hall–Kier alpha value is -1.17. The predicted molar refractivity (Wildman–Crippen MR) is 222 cm³/mol. The maximum absolute atomic E-state index is 12.4. The minimum Gasteiger partial charge on any atom is -0.394 e. The summed E-state index contributed by atoms with van der Waals surface area (Å²) in [7, 11) is 0. The lowest BCUT2D eigenvalue weighted by Crippen LogP contribution is -2.50. The number of aliphatic hydroxyl groups is 3. The molecule has 0 aliphatic rings. The van der Waals surface area contributed by atoms with E-state index in [1.807, 2.05) is 0 Å². The fourth-order valence-electron chi connectivity index (χ4n) is 6.98. The lowest BCUT2D eigenvalue weighted by Gasteiger charge is -2.26. The minimum atomic E-state index is -1.16. The summed E-state index contributed by atoms with van der Waals surface area (Å²) in [5, 5.41) is 33.5. The van der Waals surface area contributed by atoms with Crippen molar-refractivity contribution >= 4 is 5.91 Å². The topological polar surface area (TPSA) is 89.8 Å². The smallest absolute Gasteiger partial charge is 0.220 e. The van der Waals surface area contributed by atoms with E-state index < -0.39 is 18.2 Å². The molecule has 3 unspecified atom stereocenters. The van der Waals surface area contributed by atoms with Gasteiger partial charge in [-0.05, 0) is 64.2 Å². The molecule has 0 radical (unpaired) electrons. The van der Waals surface area contributed by atoms with E-state index in [2.05, 4.69) is 43.5 Å². The number of aliphatic hydroxyl groups excluding tert-OH is 3. The number of allylic oxidation sites excluding steroid dienone is 4. The predicted octanol–water partition coefficient (Wildman–Crippen LogP) is 13.0. The zero-order chi connectivity index (χ0) is 37.3. The molecule has 0 bridgehead atoms. The molecule has 3 atom stereocenters. The van der Waals surface area contributed by atoms with Gasteiger partial charge in [-0.2, -0.15) is 0 Å². The SMILES string of the molecule is CCCCCCCCCCC/C=C/CCCC(O)C(O)C(CO)NC(=O)CCCCCCCCC/C=C\CCCCCCCCCCCCCC. The van der Waals surface area contributed by atoms with Gasteiger partial charge in [0.05, 0.1) is 18.8 Å². The summed E-state index contributed by atoms with van der Waals surface area (Å²) in [5.74, 6) is -0.157. The summed E-state index contributed by atoms with van der Waals surface area (Å²) in [4.78, 5) is 12.4. The largest absolute Gasteiger partial charge is 0.394 e. The van der Waals surface area contributed by atoms with Gasteiger partial charge >= 0.3 is 0 Å². The van der Waals surface area contributed by atoms with Gasteiger partial charge in [0, 0.05) is 6.42 Å². The van der Waals surface area contributed by atoms with Gasteiger partial charge in [-0.3, -0.25) is 4.79 Å². The van der Waals surface area contributed by atoms with Crippen LogP contribution in [0.25, 0.3) is 0 Å². The Bertz CT molecular complexity index is 754. The van der Waals surface area contributed by atoms with Crippen LogP contribution in [-0.4, -0.2) is 46.1 Å². The van der Waals surface area contributed by atoms with Crippen molar-refractivity contribution in [2.75, 3.05) is 6.61 Å². The summed E-state index contributed by atoms with van der Waals surface area (Å²) < 4.78 is 0. The van der Waals surface area contributed by atoms with Crippen molar-refractivity contribution < 1.29 is 20.1 Å². The van der Waals surface area contributed by atoms with Crippen molar-refractivity contribution in [1.29, 1.82) is 0 Å². The van der Waals surface area contributed by atoms with Crippen LogP contribution in [0.1, 0.15) is 239 Å². The number of hydrogen-bond acceptors (Lipinski definition) is 4. The quantitative estimate of drug-likeness (QED) is 0.0374. The summed E-state index contributed by atoms with van der Waals surface area (Å²) in [6.45, 7) is 4.17.